The molecule has 3 heterocycles. The van der Waals surface area contributed by atoms with E-state index in [0.29, 0.717) is 5.92 Å². The van der Waals surface area contributed by atoms with Crippen molar-refractivity contribution in [2.45, 2.75) is 12.5 Å². The first-order chi connectivity index (χ1) is 10.8. The summed E-state index contributed by atoms with van der Waals surface area (Å²) < 4.78 is 7.80. The summed E-state index contributed by atoms with van der Waals surface area (Å²) in [6.45, 7) is 1.66. The Hall–Kier alpha value is -2.41. The van der Waals surface area contributed by atoms with Gasteiger partial charge in [0.25, 0.3) is 0 Å². The van der Waals surface area contributed by atoms with Crippen LogP contribution in [0.3, 0.4) is 0 Å². The number of aromatic nitrogens is 5. The van der Waals surface area contributed by atoms with Gasteiger partial charge in [-0.1, -0.05) is 0 Å². The maximum atomic E-state index is 5.91. The number of hydrogen-bond acceptors (Lipinski definition) is 5. The summed E-state index contributed by atoms with van der Waals surface area (Å²) in [7, 11) is 1.96. The smallest absolute Gasteiger partial charge is 0.115 e. The number of aryl methyl sites for hydroxylation is 1. The number of fused-ring (bicyclic) bond motifs is 1. The zero-order valence-electron chi connectivity index (χ0n) is 12.4. The van der Waals surface area contributed by atoms with Crippen LogP contribution in [0.25, 0.3) is 11.0 Å². The lowest BCUT2D eigenvalue weighted by Gasteiger charge is -2.19. The average Bonchev–Trinajstić information content (AvgIpc) is 3.24. The van der Waals surface area contributed by atoms with Gasteiger partial charge < -0.3 is 10.1 Å². The summed E-state index contributed by atoms with van der Waals surface area (Å²) in [6, 6.07) is 8.03. The van der Waals surface area contributed by atoms with Gasteiger partial charge in [0, 0.05) is 38.0 Å². The molecule has 1 fully saturated rings. The lowest BCUT2D eigenvalue weighted by Crippen LogP contribution is -2.19. The SMILES string of the molecule is Cn1nccc1[C@@H]1OCC[C@H]1CNc1ccc2n[nH]nc2c1. The van der Waals surface area contributed by atoms with Crippen molar-refractivity contribution in [3.63, 3.8) is 0 Å². The molecule has 1 aromatic carbocycles. The molecule has 22 heavy (non-hydrogen) atoms. The van der Waals surface area contributed by atoms with E-state index in [4.69, 9.17) is 4.74 Å². The molecule has 0 bridgehead atoms. The molecule has 2 atom stereocenters. The molecular weight excluding hydrogens is 280 g/mol. The van der Waals surface area contributed by atoms with Crippen molar-refractivity contribution in [3.05, 3.63) is 36.2 Å². The summed E-state index contributed by atoms with van der Waals surface area (Å²) in [5.41, 5.74) is 3.94. The van der Waals surface area contributed by atoms with Gasteiger partial charge in [-0.15, -0.1) is 0 Å². The number of benzene rings is 1. The molecule has 2 aromatic heterocycles. The van der Waals surface area contributed by atoms with Crippen molar-refractivity contribution in [1.29, 1.82) is 0 Å². The molecule has 0 amide bonds. The van der Waals surface area contributed by atoms with Crippen LogP contribution in [0.2, 0.25) is 0 Å². The number of rotatable bonds is 4. The van der Waals surface area contributed by atoms with E-state index < -0.39 is 0 Å². The monoisotopic (exact) mass is 298 g/mol. The number of anilines is 1. The van der Waals surface area contributed by atoms with Gasteiger partial charge in [0.2, 0.25) is 0 Å². The van der Waals surface area contributed by atoms with Crippen LogP contribution in [0.1, 0.15) is 18.2 Å². The van der Waals surface area contributed by atoms with Crippen molar-refractivity contribution in [2.75, 3.05) is 18.5 Å². The Balaban J connectivity index is 1.47. The van der Waals surface area contributed by atoms with Crippen molar-refractivity contribution in [1.82, 2.24) is 25.2 Å². The van der Waals surface area contributed by atoms with Gasteiger partial charge in [-0.05, 0) is 30.7 Å². The molecular formula is C15H18N6O. The largest absolute Gasteiger partial charge is 0.385 e. The first kappa shape index (κ1) is 13.3. The van der Waals surface area contributed by atoms with E-state index >= 15 is 0 Å². The Labute approximate surface area is 127 Å². The van der Waals surface area contributed by atoms with Crippen LogP contribution in [0.5, 0.6) is 0 Å². The Morgan fingerprint density at radius 1 is 1.32 bits per heavy atom. The van der Waals surface area contributed by atoms with Gasteiger partial charge in [-0.25, -0.2) is 0 Å². The van der Waals surface area contributed by atoms with Crippen molar-refractivity contribution in [3.8, 4) is 0 Å². The molecule has 1 aliphatic heterocycles. The van der Waals surface area contributed by atoms with E-state index in [0.717, 1.165) is 42.0 Å². The number of nitrogens with one attached hydrogen (secondary N) is 2. The highest BCUT2D eigenvalue weighted by Gasteiger charge is 2.31. The summed E-state index contributed by atoms with van der Waals surface area (Å²) in [4.78, 5) is 0. The molecule has 3 aromatic rings. The standard InChI is InChI=1S/C15H18N6O/c1-21-14(4-6-17-21)15-10(5-7-22-15)9-16-11-2-3-12-13(8-11)19-20-18-12/h2-4,6,8,10,15-16H,5,7,9H2,1H3,(H,18,19,20)/t10-,15+/m0/s1. The van der Waals surface area contributed by atoms with Crippen LogP contribution < -0.4 is 5.32 Å². The Bertz CT molecular complexity index is 779. The highest BCUT2D eigenvalue weighted by Crippen LogP contribution is 2.34. The molecule has 0 spiro atoms. The molecule has 4 rings (SSSR count). The number of nitrogens with zero attached hydrogens (tertiary/aromatic N) is 4. The molecule has 0 radical (unpaired) electrons. The fourth-order valence-electron chi connectivity index (χ4n) is 3.03. The first-order valence-corrected chi connectivity index (χ1v) is 7.45. The van der Waals surface area contributed by atoms with Gasteiger partial charge in [0.1, 0.15) is 17.1 Å². The van der Waals surface area contributed by atoms with Gasteiger partial charge in [0.15, 0.2) is 0 Å². The average molecular weight is 298 g/mol. The molecule has 7 nitrogen and oxygen atoms in total. The minimum absolute atomic E-state index is 0.107. The number of H-pyrrole nitrogens is 1. The molecule has 2 N–H and O–H groups in total. The van der Waals surface area contributed by atoms with E-state index in [2.05, 4.69) is 25.8 Å². The van der Waals surface area contributed by atoms with Gasteiger partial charge in [-0.3, -0.25) is 4.68 Å². The Kier molecular flexibility index (Phi) is 3.27. The third-order valence-electron chi connectivity index (χ3n) is 4.25. The van der Waals surface area contributed by atoms with Crippen LogP contribution in [-0.2, 0) is 11.8 Å². The number of ether oxygens (including phenoxy) is 1. The lowest BCUT2D eigenvalue weighted by atomic mass is 9.99. The van der Waals surface area contributed by atoms with E-state index in [1.54, 1.807) is 0 Å². The molecule has 114 valence electrons. The van der Waals surface area contributed by atoms with Crippen LogP contribution >= 0.6 is 0 Å². The lowest BCUT2D eigenvalue weighted by molar-refractivity contribution is 0.0866. The normalized spacial score (nSPS) is 21.5. The van der Waals surface area contributed by atoms with E-state index in [-0.39, 0.29) is 6.10 Å². The zero-order valence-corrected chi connectivity index (χ0v) is 12.4. The molecule has 7 heteroatoms. The summed E-state index contributed by atoms with van der Waals surface area (Å²) in [5.74, 6) is 0.434. The Morgan fingerprint density at radius 3 is 3.09 bits per heavy atom. The van der Waals surface area contributed by atoms with Gasteiger partial charge >= 0.3 is 0 Å². The van der Waals surface area contributed by atoms with Crippen LogP contribution in [0, 0.1) is 5.92 Å². The number of hydrogen-bond donors (Lipinski definition) is 2. The summed E-state index contributed by atoms with van der Waals surface area (Å²) in [6.07, 6.45) is 2.98. The fraction of sp³-hybridized carbons (Fsp3) is 0.400. The third-order valence-corrected chi connectivity index (χ3v) is 4.25. The molecule has 0 unspecified atom stereocenters. The topological polar surface area (TPSA) is 80.6 Å². The molecule has 0 aliphatic carbocycles. The van der Waals surface area contributed by atoms with Crippen molar-refractivity contribution < 1.29 is 4.74 Å². The van der Waals surface area contributed by atoms with Crippen molar-refractivity contribution >= 4 is 16.7 Å². The molecule has 1 saturated heterocycles. The van der Waals surface area contributed by atoms with Gasteiger partial charge in [0.05, 0.1) is 5.69 Å². The highest BCUT2D eigenvalue weighted by atomic mass is 16.5. The quantitative estimate of drug-likeness (QED) is 0.768. The second kappa shape index (κ2) is 5.42. The molecule has 1 aliphatic rings. The fourth-order valence-corrected chi connectivity index (χ4v) is 3.03. The summed E-state index contributed by atoms with van der Waals surface area (Å²) >= 11 is 0. The minimum Gasteiger partial charge on any atom is -0.385 e. The molecule has 0 saturated carbocycles. The second-order valence-electron chi connectivity index (χ2n) is 5.63. The van der Waals surface area contributed by atoms with E-state index in [1.165, 1.54) is 0 Å². The van der Waals surface area contributed by atoms with E-state index in [9.17, 15) is 0 Å². The Morgan fingerprint density at radius 2 is 2.23 bits per heavy atom. The third kappa shape index (κ3) is 2.33. The zero-order chi connectivity index (χ0) is 14.9. The first-order valence-electron chi connectivity index (χ1n) is 7.45. The van der Waals surface area contributed by atoms with Crippen LogP contribution in [0.4, 0.5) is 5.69 Å². The summed E-state index contributed by atoms with van der Waals surface area (Å²) in [5, 5.41) is 18.5. The van der Waals surface area contributed by atoms with Crippen LogP contribution in [-0.4, -0.2) is 38.3 Å². The maximum absolute atomic E-state index is 5.91. The van der Waals surface area contributed by atoms with E-state index in [1.807, 2.05) is 42.2 Å². The van der Waals surface area contributed by atoms with Crippen molar-refractivity contribution in [2.24, 2.45) is 13.0 Å². The minimum atomic E-state index is 0.107. The number of aromatic amines is 1. The van der Waals surface area contributed by atoms with Gasteiger partial charge in [-0.2, -0.15) is 20.5 Å². The predicted molar refractivity (Wildman–Crippen MR) is 82.4 cm³/mol. The predicted octanol–water partition coefficient (Wildman–Crippen LogP) is 1.88. The highest BCUT2D eigenvalue weighted by molar-refractivity contribution is 5.77. The van der Waals surface area contributed by atoms with Crippen LogP contribution in [0.15, 0.2) is 30.5 Å². The second-order valence-corrected chi connectivity index (χ2v) is 5.63. The maximum Gasteiger partial charge on any atom is 0.115 e.